The molecule has 5 nitrogen and oxygen atoms in total. The summed E-state index contributed by atoms with van der Waals surface area (Å²) in [5, 5.41) is 8.53. The van der Waals surface area contributed by atoms with Gasteiger partial charge in [-0.3, -0.25) is 14.5 Å². The van der Waals surface area contributed by atoms with Crippen LogP contribution in [0.4, 0.5) is 0 Å². The maximum Gasteiger partial charge on any atom is 0.303 e. The molecule has 0 aromatic rings. The summed E-state index contributed by atoms with van der Waals surface area (Å²) < 4.78 is 0. The van der Waals surface area contributed by atoms with Crippen LogP contribution >= 0.6 is 0 Å². The number of carboxylic acid groups (broad SMARTS) is 1. The lowest BCUT2D eigenvalue weighted by molar-refractivity contribution is -0.141. The maximum absolute atomic E-state index is 11.7. The van der Waals surface area contributed by atoms with E-state index in [9.17, 15) is 9.59 Å². The number of aliphatic carboxylic acids is 1. The quantitative estimate of drug-likeness (QED) is 0.774. The smallest absolute Gasteiger partial charge is 0.303 e. The highest BCUT2D eigenvalue weighted by Gasteiger charge is 2.23. The van der Waals surface area contributed by atoms with Gasteiger partial charge in [0.1, 0.15) is 0 Å². The number of hydrogen-bond acceptors (Lipinski definition) is 3. The van der Waals surface area contributed by atoms with Crippen LogP contribution in [0.2, 0.25) is 0 Å². The van der Waals surface area contributed by atoms with E-state index < -0.39 is 5.97 Å². The van der Waals surface area contributed by atoms with Gasteiger partial charge >= 0.3 is 5.97 Å². The van der Waals surface area contributed by atoms with Crippen LogP contribution in [0.25, 0.3) is 0 Å². The zero-order valence-electron chi connectivity index (χ0n) is 10.7. The highest BCUT2D eigenvalue weighted by atomic mass is 16.4. The Labute approximate surface area is 102 Å². The van der Waals surface area contributed by atoms with E-state index in [1.807, 2.05) is 0 Å². The second kappa shape index (κ2) is 6.59. The summed E-state index contributed by atoms with van der Waals surface area (Å²) in [5.74, 6) is -0.937. The minimum absolute atomic E-state index is 0.0313. The average molecular weight is 242 g/mol. The van der Waals surface area contributed by atoms with Gasteiger partial charge in [0.05, 0.1) is 6.42 Å². The van der Waals surface area contributed by atoms with Crippen molar-refractivity contribution in [1.82, 2.24) is 9.80 Å². The van der Waals surface area contributed by atoms with Gasteiger partial charge in [-0.15, -0.1) is 0 Å². The predicted octanol–water partition coefficient (Wildman–Crippen LogP) is 0.794. The topological polar surface area (TPSA) is 60.9 Å². The maximum atomic E-state index is 11.7. The minimum atomic E-state index is -0.906. The Balaban J connectivity index is 2.31. The van der Waals surface area contributed by atoms with Crippen molar-refractivity contribution >= 4 is 11.9 Å². The first-order valence-corrected chi connectivity index (χ1v) is 6.28. The number of nitrogens with zero attached hydrogens (tertiary/aromatic N) is 2. The Morgan fingerprint density at radius 2 is 1.76 bits per heavy atom. The molecule has 0 spiro atoms. The molecule has 5 heteroatoms. The van der Waals surface area contributed by atoms with E-state index in [0.29, 0.717) is 6.04 Å². The SMILES string of the molecule is CCC(C)N1CCN(C(=O)CCC(=O)O)CC1. The molecule has 0 saturated carbocycles. The van der Waals surface area contributed by atoms with E-state index in [1.165, 1.54) is 0 Å². The van der Waals surface area contributed by atoms with Crippen LogP contribution in [-0.2, 0) is 9.59 Å². The van der Waals surface area contributed by atoms with Crippen molar-refractivity contribution in [1.29, 1.82) is 0 Å². The minimum Gasteiger partial charge on any atom is -0.481 e. The van der Waals surface area contributed by atoms with Gasteiger partial charge in [-0.2, -0.15) is 0 Å². The van der Waals surface area contributed by atoms with Crippen LogP contribution in [0.15, 0.2) is 0 Å². The molecule has 1 atom stereocenters. The van der Waals surface area contributed by atoms with Gasteiger partial charge in [-0.05, 0) is 13.3 Å². The highest BCUT2D eigenvalue weighted by molar-refractivity contribution is 5.80. The summed E-state index contributed by atoms with van der Waals surface area (Å²) >= 11 is 0. The lowest BCUT2D eigenvalue weighted by Crippen LogP contribution is -2.51. The molecule has 0 bridgehead atoms. The fourth-order valence-corrected chi connectivity index (χ4v) is 2.04. The molecule has 1 aliphatic heterocycles. The summed E-state index contributed by atoms with van der Waals surface area (Å²) in [4.78, 5) is 26.2. The number of piperazine rings is 1. The number of amides is 1. The third-order valence-corrected chi connectivity index (χ3v) is 3.43. The number of carboxylic acids is 1. The molecule has 0 radical (unpaired) electrons. The molecule has 1 aliphatic rings. The number of hydrogen-bond donors (Lipinski definition) is 1. The van der Waals surface area contributed by atoms with E-state index in [0.717, 1.165) is 32.6 Å². The molecule has 1 saturated heterocycles. The van der Waals surface area contributed by atoms with E-state index in [-0.39, 0.29) is 18.7 Å². The van der Waals surface area contributed by atoms with Crippen molar-refractivity contribution in [3.8, 4) is 0 Å². The number of rotatable bonds is 5. The molecule has 98 valence electrons. The van der Waals surface area contributed by atoms with Gasteiger partial charge in [0.2, 0.25) is 5.91 Å². The van der Waals surface area contributed by atoms with Crippen molar-refractivity contribution in [2.75, 3.05) is 26.2 Å². The first-order valence-electron chi connectivity index (χ1n) is 6.28. The molecule has 1 rings (SSSR count). The fourth-order valence-electron chi connectivity index (χ4n) is 2.04. The highest BCUT2D eigenvalue weighted by Crippen LogP contribution is 2.10. The van der Waals surface area contributed by atoms with Crippen molar-refractivity contribution in [3.05, 3.63) is 0 Å². The summed E-state index contributed by atoms with van der Waals surface area (Å²) in [6, 6.07) is 0.561. The van der Waals surface area contributed by atoms with Gasteiger partial charge in [0, 0.05) is 38.6 Å². The second-order valence-electron chi connectivity index (χ2n) is 4.57. The monoisotopic (exact) mass is 242 g/mol. The largest absolute Gasteiger partial charge is 0.481 e. The van der Waals surface area contributed by atoms with Gasteiger partial charge in [-0.25, -0.2) is 0 Å². The second-order valence-corrected chi connectivity index (χ2v) is 4.57. The molecule has 0 aromatic heterocycles. The first-order chi connectivity index (χ1) is 8.04. The zero-order chi connectivity index (χ0) is 12.8. The van der Waals surface area contributed by atoms with E-state index in [4.69, 9.17) is 5.11 Å². The third kappa shape index (κ3) is 4.34. The molecule has 0 aromatic carbocycles. The van der Waals surface area contributed by atoms with Crippen LogP contribution in [0.5, 0.6) is 0 Å². The molecule has 1 N–H and O–H groups in total. The third-order valence-electron chi connectivity index (χ3n) is 3.43. The van der Waals surface area contributed by atoms with Gasteiger partial charge in [-0.1, -0.05) is 6.92 Å². The fraction of sp³-hybridized carbons (Fsp3) is 0.833. The normalized spacial score (nSPS) is 19.1. The Morgan fingerprint density at radius 3 is 2.24 bits per heavy atom. The summed E-state index contributed by atoms with van der Waals surface area (Å²) in [5.41, 5.74) is 0. The molecule has 1 heterocycles. The lowest BCUT2D eigenvalue weighted by Gasteiger charge is -2.37. The van der Waals surface area contributed by atoms with Crippen molar-refractivity contribution in [3.63, 3.8) is 0 Å². The van der Waals surface area contributed by atoms with E-state index in [2.05, 4.69) is 18.7 Å². The van der Waals surface area contributed by atoms with E-state index >= 15 is 0 Å². The zero-order valence-corrected chi connectivity index (χ0v) is 10.7. The number of carbonyl (C=O) groups excluding carboxylic acids is 1. The van der Waals surface area contributed by atoms with Crippen molar-refractivity contribution in [2.45, 2.75) is 39.2 Å². The van der Waals surface area contributed by atoms with Crippen LogP contribution in [-0.4, -0.2) is 59.0 Å². The van der Waals surface area contributed by atoms with Crippen molar-refractivity contribution < 1.29 is 14.7 Å². The molecular formula is C12H22N2O3. The van der Waals surface area contributed by atoms with Gasteiger partial charge in [0.15, 0.2) is 0 Å². The summed E-state index contributed by atoms with van der Waals surface area (Å²) in [6.45, 7) is 7.60. The van der Waals surface area contributed by atoms with Crippen molar-refractivity contribution in [2.24, 2.45) is 0 Å². The van der Waals surface area contributed by atoms with Crippen LogP contribution in [0.3, 0.4) is 0 Å². The van der Waals surface area contributed by atoms with Crippen LogP contribution < -0.4 is 0 Å². The molecule has 1 unspecified atom stereocenters. The van der Waals surface area contributed by atoms with Crippen LogP contribution in [0.1, 0.15) is 33.1 Å². The summed E-state index contributed by atoms with van der Waals surface area (Å²) in [6.07, 6.45) is 1.18. The Morgan fingerprint density at radius 1 is 1.18 bits per heavy atom. The van der Waals surface area contributed by atoms with Gasteiger partial charge in [0.25, 0.3) is 0 Å². The predicted molar refractivity (Wildman–Crippen MR) is 64.8 cm³/mol. The molecular weight excluding hydrogens is 220 g/mol. The lowest BCUT2D eigenvalue weighted by atomic mass is 10.2. The Hall–Kier alpha value is -1.10. The average Bonchev–Trinajstić information content (AvgIpc) is 2.35. The first kappa shape index (κ1) is 14.0. The standard InChI is InChI=1S/C12H22N2O3/c1-3-10(2)13-6-8-14(9-7-13)11(15)4-5-12(16)17/h10H,3-9H2,1-2H3,(H,16,17). The Kier molecular flexibility index (Phi) is 5.41. The Bertz CT molecular complexity index is 273. The van der Waals surface area contributed by atoms with Crippen LogP contribution in [0, 0.1) is 0 Å². The number of carbonyl (C=O) groups is 2. The van der Waals surface area contributed by atoms with Gasteiger partial charge < -0.3 is 10.0 Å². The molecule has 1 amide bonds. The van der Waals surface area contributed by atoms with E-state index in [1.54, 1.807) is 4.90 Å². The summed E-state index contributed by atoms with van der Waals surface area (Å²) in [7, 11) is 0. The molecule has 0 aliphatic carbocycles. The molecule has 17 heavy (non-hydrogen) atoms. The molecule has 1 fully saturated rings.